The normalized spacial score (nSPS) is 16.1. The molecule has 78 heavy (non-hydrogen) atoms. The van der Waals surface area contributed by atoms with Crippen molar-refractivity contribution < 1.29 is 30.8 Å². The molecule has 1 fully saturated rings. The average Bonchev–Trinajstić information content (AvgIpc) is 3.61. The zero-order valence-corrected chi connectivity index (χ0v) is 42.5. The predicted octanol–water partition coefficient (Wildman–Crippen LogP) is 18.6. The number of benzene rings is 8. The van der Waals surface area contributed by atoms with Gasteiger partial charge in [0.15, 0.2) is 0 Å². The number of rotatable bonds is 7. The van der Waals surface area contributed by atoms with Gasteiger partial charge in [-0.3, -0.25) is 0 Å². The highest BCUT2D eigenvalue weighted by Crippen LogP contribution is 2.62. The summed E-state index contributed by atoms with van der Waals surface area (Å²) in [5, 5.41) is 29.2. The highest BCUT2D eigenvalue weighted by Gasteiger charge is 2.54. The van der Waals surface area contributed by atoms with Crippen LogP contribution in [0.1, 0.15) is 52.8 Å². The van der Waals surface area contributed by atoms with Crippen LogP contribution in [0.15, 0.2) is 227 Å². The van der Waals surface area contributed by atoms with Crippen LogP contribution in [0.4, 0.5) is 26.3 Å². The number of alkyl halides is 6. The number of nitriles is 2. The van der Waals surface area contributed by atoms with Crippen molar-refractivity contribution in [3.8, 4) is 45.6 Å². The number of hydrogen-bond acceptors (Lipinski definition) is 3. The fraction of sp³-hybridized carbons (Fsp3) is 0.104. The first-order valence-electron chi connectivity index (χ1n) is 25.4. The van der Waals surface area contributed by atoms with Gasteiger partial charge in [-0.15, -0.1) is 9.24 Å². The van der Waals surface area contributed by atoms with Crippen molar-refractivity contribution in [1.82, 2.24) is 4.57 Å². The van der Waals surface area contributed by atoms with Crippen LogP contribution < -0.4 is 0 Å². The molecule has 0 amide bonds. The van der Waals surface area contributed by atoms with Gasteiger partial charge in [-0.05, 0) is 133 Å². The van der Waals surface area contributed by atoms with E-state index in [-0.39, 0.29) is 6.42 Å². The molecule has 1 aliphatic heterocycles. The number of fused-ring (bicyclic) bond motifs is 7. The second-order valence-corrected chi connectivity index (χ2v) is 20.5. The second-order valence-electron chi connectivity index (χ2n) is 20.0. The van der Waals surface area contributed by atoms with E-state index in [1.807, 2.05) is 140 Å². The van der Waals surface area contributed by atoms with Crippen LogP contribution in [0.3, 0.4) is 0 Å². The molecule has 3 heterocycles. The maximum atomic E-state index is 14.5. The Morgan fingerprint density at radius 2 is 1.06 bits per heavy atom. The Kier molecular flexibility index (Phi) is 11.5. The van der Waals surface area contributed by atoms with Crippen LogP contribution in [-0.2, 0) is 17.9 Å². The van der Waals surface area contributed by atoms with Gasteiger partial charge in [0.1, 0.15) is 23.3 Å². The van der Waals surface area contributed by atoms with Gasteiger partial charge in [0.25, 0.3) is 0 Å². The summed E-state index contributed by atoms with van der Waals surface area (Å²) in [7, 11) is 2.95. The molecule has 1 saturated carbocycles. The SMILES string of the molecule is N#CC1(C#N)C2CC=C(c3ccc(C(F)(F)F)cc3)C(C(P)=C3CC3)=C(c3ccccc3)C2=C(c2ccc3oc4ccc5ccccc5c4c3c2)c2c(-c3ccccc3)c(-c3ccccc3)c(-c3ccc(C(F)(F)F)cc3)n21. The molecule has 13 rings (SSSR count). The van der Waals surface area contributed by atoms with Crippen molar-refractivity contribution in [3.05, 3.63) is 256 Å². The lowest BCUT2D eigenvalue weighted by atomic mass is 9.68. The van der Waals surface area contributed by atoms with Crippen LogP contribution in [0.5, 0.6) is 0 Å². The molecule has 2 aromatic heterocycles. The minimum absolute atomic E-state index is 0.0381. The average molecular weight is 1050 g/mol. The number of nitrogens with zero attached hydrogens (tertiary/aromatic N) is 3. The molecule has 3 aliphatic rings. The molecule has 10 aromatic rings. The third-order valence-electron chi connectivity index (χ3n) is 15.6. The first-order chi connectivity index (χ1) is 37.8. The van der Waals surface area contributed by atoms with E-state index in [1.54, 1.807) is 4.57 Å². The summed E-state index contributed by atoms with van der Waals surface area (Å²) in [6.45, 7) is 0. The van der Waals surface area contributed by atoms with Crippen molar-refractivity contribution >= 4 is 58.7 Å². The van der Waals surface area contributed by atoms with E-state index in [1.165, 1.54) is 24.3 Å². The Labute approximate surface area is 447 Å². The molecule has 4 nitrogen and oxygen atoms in total. The molecule has 378 valence electrons. The lowest BCUT2D eigenvalue weighted by Gasteiger charge is -2.41. The van der Waals surface area contributed by atoms with E-state index < -0.39 is 34.9 Å². The van der Waals surface area contributed by atoms with Gasteiger partial charge in [0.05, 0.1) is 22.5 Å². The lowest BCUT2D eigenvalue weighted by molar-refractivity contribution is -0.138. The van der Waals surface area contributed by atoms with Gasteiger partial charge in [-0.25, -0.2) is 0 Å². The van der Waals surface area contributed by atoms with Crippen LogP contribution in [0.2, 0.25) is 0 Å². The zero-order valence-electron chi connectivity index (χ0n) is 41.3. The maximum absolute atomic E-state index is 14.5. The Bertz CT molecular complexity index is 4300. The molecular weight excluding hydrogens is 1010 g/mol. The van der Waals surface area contributed by atoms with E-state index in [0.717, 1.165) is 86.2 Å². The Balaban J connectivity index is 1.28. The quantitative estimate of drug-likeness (QED) is 0.118. The summed E-state index contributed by atoms with van der Waals surface area (Å²) < 4.78 is 94.8. The van der Waals surface area contributed by atoms with Gasteiger partial charge >= 0.3 is 12.4 Å². The van der Waals surface area contributed by atoms with Crippen LogP contribution in [-0.4, -0.2) is 4.57 Å². The summed E-state index contributed by atoms with van der Waals surface area (Å²) in [6, 6.07) is 62.1. The Morgan fingerprint density at radius 3 is 1.64 bits per heavy atom. The zero-order chi connectivity index (χ0) is 53.7. The fourth-order valence-corrected chi connectivity index (χ4v) is 12.5. The molecule has 0 bridgehead atoms. The van der Waals surface area contributed by atoms with Crippen molar-refractivity contribution in [1.29, 1.82) is 10.5 Å². The van der Waals surface area contributed by atoms with Crippen molar-refractivity contribution in [2.75, 3.05) is 0 Å². The fourth-order valence-electron chi connectivity index (χ4n) is 12.0. The molecule has 0 saturated heterocycles. The molecule has 0 spiro atoms. The standard InChI is InChI=1S/C67H42F6N3OP/c68-66(69,70)47-28-22-40(23-29-47)50-32-33-52-61(55(41-13-4-1-5-14-41)60(50)64(78)45-20-21-45)58(46-27-34-53-51(36-46)59-49-19-11-10-12-39(49)26-35-54(59)77-53)63-57(43-17-8-3-9-18-43)56(42-15-6-2-7-16-42)62(76(63)65(52,37-74)38-75)44-24-30-48(31-25-44)67(71,72)73/h1-19,22-32,34-36,52H,20-21,33,78H2. The number of allylic oxidation sites excluding steroid dienone is 7. The molecule has 2 aliphatic carbocycles. The molecule has 0 radical (unpaired) electrons. The molecule has 2 unspecified atom stereocenters. The predicted molar refractivity (Wildman–Crippen MR) is 299 cm³/mol. The number of aromatic nitrogens is 1. The molecular formula is C67H42F6N3OP. The Hall–Kier alpha value is -8.95. The highest BCUT2D eigenvalue weighted by atomic mass is 31.0. The van der Waals surface area contributed by atoms with E-state index in [2.05, 4.69) is 33.5 Å². The minimum Gasteiger partial charge on any atom is -0.456 e. The summed E-state index contributed by atoms with van der Waals surface area (Å²) in [5.74, 6) is -1.03. The van der Waals surface area contributed by atoms with Crippen LogP contribution in [0, 0.1) is 28.6 Å². The number of furan rings is 1. The smallest absolute Gasteiger partial charge is 0.416 e. The van der Waals surface area contributed by atoms with Crippen LogP contribution >= 0.6 is 9.24 Å². The highest BCUT2D eigenvalue weighted by molar-refractivity contribution is 7.23. The number of hydrogen-bond donors (Lipinski definition) is 0. The minimum atomic E-state index is -4.66. The van der Waals surface area contributed by atoms with Crippen molar-refractivity contribution in [2.24, 2.45) is 5.92 Å². The first-order valence-corrected chi connectivity index (χ1v) is 26.0. The second kappa shape index (κ2) is 18.4. The topological polar surface area (TPSA) is 65.7 Å². The van der Waals surface area contributed by atoms with Gasteiger partial charge in [0.2, 0.25) is 5.54 Å². The number of halogens is 6. The van der Waals surface area contributed by atoms with E-state index >= 15 is 0 Å². The van der Waals surface area contributed by atoms with Crippen molar-refractivity contribution in [3.63, 3.8) is 0 Å². The summed E-state index contributed by atoms with van der Waals surface area (Å²) in [6.07, 6.45) is -5.69. The molecule has 2 atom stereocenters. The van der Waals surface area contributed by atoms with E-state index in [9.17, 15) is 36.9 Å². The largest absolute Gasteiger partial charge is 0.456 e. The van der Waals surface area contributed by atoms with Gasteiger partial charge < -0.3 is 8.98 Å². The van der Waals surface area contributed by atoms with Gasteiger partial charge in [0, 0.05) is 33.4 Å². The monoisotopic (exact) mass is 1050 g/mol. The first kappa shape index (κ1) is 48.7. The van der Waals surface area contributed by atoms with Crippen molar-refractivity contribution in [2.45, 2.75) is 37.2 Å². The maximum Gasteiger partial charge on any atom is 0.416 e. The lowest BCUT2D eigenvalue weighted by Crippen LogP contribution is -2.44. The van der Waals surface area contributed by atoms with E-state index in [4.69, 9.17) is 4.42 Å². The van der Waals surface area contributed by atoms with E-state index in [0.29, 0.717) is 78.2 Å². The van der Waals surface area contributed by atoms with Crippen LogP contribution in [0.25, 0.3) is 82.9 Å². The molecule has 0 N–H and O–H groups in total. The summed E-state index contributed by atoms with van der Waals surface area (Å²) in [5.41, 5.74) is 7.74. The third kappa shape index (κ3) is 7.77. The Morgan fingerprint density at radius 1 is 0.538 bits per heavy atom. The summed E-state index contributed by atoms with van der Waals surface area (Å²) >= 11 is 0. The molecule has 11 heteroatoms. The van der Waals surface area contributed by atoms with Gasteiger partial charge in [-0.2, -0.15) is 36.9 Å². The third-order valence-corrected chi connectivity index (χ3v) is 16.3. The van der Waals surface area contributed by atoms with Gasteiger partial charge in [-0.1, -0.05) is 163 Å². The molecule has 8 aromatic carbocycles. The summed E-state index contributed by atoms with van der Waals surface area (Å²) in [4.78, 5) is 0.